The summed E-state index contributed by atoms with van der Waals surface area (Å²) in [6.07, 6.45) is 8.53. The van der Waals surface area contributed by atoms with Crippen LogP contribution in [0.5, 0.6) is 0 Å². The quantitative estimate of drug-likeness (QED) is 0.463. The van der Waals surface area contributed by atoms with Crippen LogP contribution < -0.4 is 5.73 Å². The van der Waals surface area contributed by atoms with Gasteiger partial charge in [-0.3, -0.25) is 0 Å². The molecule has 2 N–H and O–H groups in total. The smallest absolute Gasteiger partial charge is 0.00399 e. The Morgan fingerprint density at radius 2 is 2.00 bits per heavy atom. The first-order valence-corrected chi connectivity index (χ1v) is 4.69. The van der Waals surface area contributed by atoms with Crippen LogP contribution in [0.3, 0.4) is 0 Å². The summed E-state index contributed by atoms with van der Waals surface area (Å²) in [5, 5.41) is 0. The molecule has 0 atom stereocenters. The summed E-state index contributed by atoms with van der Waals surface area (Å²) < 4.78 is 0. The van der Waals surface area contributed by atoms with E-state index in [1.165, 1.54) is 31.3 Å². The zero-order valence-corrected chi connectivity index (χ0v) is 7.90. The summed E-state index contributed by atoms with van der Waals surface area (Å²) in [5.41, 5.74) is 7.00. The highest BCUT2D eigenvalue weighted by molar-refractivity contribution is 5.00. The number of allylic oxidation sites excluding steroid dienone is 1. The van der Waals surface area contributed by atoms with Gasteiger partial charge in [0.05, 0.1) is 0 Å². The molecule has 0 heterocycles. The summed E-state index contributed by atoms with van der Waals surface area (Å²) in [6.45, 7) is 5.14. The molecular weight excluding hydrogens is 134 g/mol. The molecule has 0 radical (unpaired) electrons. The van der Waals surface area contributed by atoms with E-state index in [-0.39, 0.29) is 0 Å². The van der Waals surface area contributed by atoms with Crippen LogP contribution in [0.1, 0.15) is 46.0 Å². The Labute approximate surface area is 70.7 Å². The van der Waals surface area contributed by atoms with Crippen molar-refractivity contribution in [2.45, 2.75) is 46.0 Å². The first-order valence-electron chi connectivity index (χ1n) is 4.69. The van der Waals surface area contributed by atoms with Gasteiger partial charge in [-0.25, -0.2) is 0 Å². The van der Waals surface area contributed by atoms with Gasteiger partial charge in [-0.2, -0.15) is 0 Å². The van der Waals surface area contributed by atoms with Gasteiger partial charge in [-0.15, -0.1) is 0 Å². The topological polar surface area (TPSA) is 26.0 Å². The van der Waals surface area contributed by atoms with Gasteiger partial charge in [0.2, 0.25) is 0 Å². The van der Waals surface area contributed by atoms with Crippen LogP contribution in [-0.2, 0) is 0 Å². The lowest BCUT2D eigenvalue weighted by molar-refractivity contribution is 0.695. The van der Waals surface area contributed by atoms with E-state index in [1.54, 1.807) is 0 Å². The maximum Gasteiger partial charge on any atom is -0.00399 e. The Bertz CT molecular complexity index is 105. The van der Waals surface area contributed by atoms with E-state index in [4.69, 9.17) is 5.73 Å². The molecule has 0 aliphatic heterocycles. The molecule has 0 aromatic rings. The molecule has 0 aromatic carbocycles. The fourth-order valence-corrected chi connectivity index (χ4v) is 1.20. The van der Waals surface area contributed by atoms with Gasteiger partial charge in [0.25, 0.3) is 0 Å². The average Bonchev–Trinajstić information content (AvgIpc) is 2.03. The highest BCUT2D eigenvalue weighted by Gasteiger charge is 1.93. The molecule has 1 nitrogen and oxygen atoms in total. The third-order valence-corrected chi connectivity index (χ3v) is 1.98. The molecule has 66 valence electrons. The second kappa shape index (κ2) is 7.80. The summed E-state index contributed by atoms with van der Waals surface area (Å²) >= 11 is 0. The number of nitrogens with two attached hydrogens (primary N) is 1. The van der Waals surface area contributed by atoms with Gasteiger partial charge >= 0.3 is 0 Å². The first-order chi connectivity index (χ1) is 5.35. The van der Waals surface area contributed by atoms with Crippen molar-refractivity contribution >= 4 is 0 Å². The predicted molar refractivity (Wildman–Crippen MR) is 51.6 cm³/mol. The summed E-state index contributed by atoms with van der Waals surface area (Å²) in [5.74, 6) is 0. The Kier molecular flexibility index (Phi) is 7.59. The molecule has 0 saturated heterocycles. The summed E-state index contributed by atoms with van der Waals surface area (Å²) in [7, 11) is 0. The standard InChI is InChI=1S/C10H21N/c1-3-5-6-7-10(4-2)8-9-11/h4H,3,5-9,11H2,1-2H3/b10-4+. The SMILES string of the molecule is C/C=C(/CCN)CCCCC. The number of rotatable bonds is 6. The Morgan fingerprint density at radius 3 is 2.45 bits per heavy atom. The normalized spacial score (nSPS) is 12.1. The highest BCUT2D eigenvalue weighted by Crippen LogP contribution is 2.11. The largest absolute Gasteiger partial charge is 0.330 e. The average molecular weight is 155 g/mol. The lowest BCUT2D eigenvalue weighted by atomic mass is 10.0. The lowest BCUT2D eigenvalue weighted by Gasteiger charge is -2.03. The van der Waals surface area contributed by atoms with Gasteiger partial charge in [0.1, 0.15) is 0 Å². The lowest BCUT2D eigenvalue weighted by Crippen LogP contribution is -2.00. The van der Waals surface area contributed by atoms with Gasteiger partial charge in [0, 0.05) is 0 Å². The van der Waals surface area contributed by atoms with Crippen LogP contribution in [0, 0.1) is 0 Å². The Balaban J connectivity index is 3.37. The first kappa shape index (κ1) is 10.7. The predicted octanol–water partition coefficient (Wildman–Crippen LogP) is 2.86. The fraction of sp³-hybridized carbons (Fsp3) is 0.800. The van der Waals surface area contributed by atoms with Crippen LogP contribution in [0.25, 0.3) is 0 Å². The molecule has 0 aliphatic carbocycles. The maximum atomic E-state index is 5.47. The van der Waals surface area contributed by atoms with Crippen molar-refractivity contribution < 1.29 is 0 Å². The van der Waals surface area contributed by atoms with Crippen molar-refractivity contribution in [3.05, 3.63) is 11.6 Å². The Morgan fingerprint density at radius 1 is 1.27 bits per heavy atom. The van der Waals surface area contributed by atoms with Crippen molar-refractivity contribution in [1.82, 2.24) is 0 Å². The van der Waals surface area contributed by atoms with E-state index in [2.05, 4.69) is 19.9 Å². The Hall–Kier alpha value is -0.300. The molecule has 0 fully saturated rings. The minimum Gasteiger partial charge on any atom is -0.330 e. The zero-order chi connectivity index (χ0) is 8.53. The fourth-order valence-electron chi connectivity index (χ4n) is 1.20. The molecule has 0 aliphatic rings. The molecule has 0 unspecified atom stereocenters. The van der Waals surface area contributed by atoms with Crippen molar-refractivity contribution in [3.8, 4) is 0 Å². The molecule has 0 rings (SSSR count). The second-order valence-corrected chi connectivity index (χ2v) is 2.94. The summed E-state index contributed by atoms with van der Waals surface area (Å²) in [4.78, 5) is 0. The molecular formula is C10H21N. The molecule has 1 heteroatoms. The minimum atomic E-state index is 0.797. The van der Waals surface area contributed by atoms with Crippen molar-refractivity contribution in [1.29, 1.82) is 0 Å². The van der Waals surface area contributed by atoms with E-state index in [0.29, 0.717) is 0 Å². The van der Waals surface area contributed by atoms with Crippen LogP contribution in [-0.4, -0.2) is 6.54 Å². The third-order valence-electron chi connectivity index (χ3n) is 1.98. The van der Waals surface area contributed by atoms with Gasteiger partial charge < -0.3 is 5.73 Å². The molecule has 0 spiro atoms. The number of hydrogen-bond acceptors (Lipinski definition) is 1. The van der Waals surface area contributed by atoms with Gasteiger partial charge in [0.15, 0.2) is 0 Å². The van der Waals surface area contributed by atoms with Crippen molar-refractivity contribution in [2.75, 3.05) is 6.54 Å². The monoisotopic (exact) mass is 155 g/mol. The minimum absolute atomic E-state index is 0.797. The number of hydrogen-bond donors (Lipinski definition) is 1. The van der Waals surface area contributed by atoms with Crippen LogP contribution in [0.4, 0.5) is 0 Å². The van der Waals surface area contributed by atoms with Gasteiger partial charge in [-0.05, 0) is 32.7 Å². The van der Waals surface area contributed by atoms with E-state index in [9.17, 15) is 0 Å². The van der Waals surface area contributed by atoms with Crippen LogP contribution >= 0.6 is 0 Å². The van der Waals surface area contributed by atoms with Crippen molar-refractivity contribution in [3.63, 3.8) is 0 Å². The van der Waals surface area contributed by atoms with E-state index in [0.717, 1.165) is 13.0 Å². The molecule has 0 aromatic heterocycles. The second-order valence-electron chi connectivity index (χ2n) is 2.94. The molecule has 0 amide bonds. The highest BCUT2D eigenvalue weighted by atomic mass is 14.5. The van der Waals surface area contributed by atoms with Crippen LogP contribution in [0.2, 0.25) is 0 Å². The maximum absolute atomic E-state index is 5.47. The van der Waals surface area contributed by atoms with E-state index in [1.807, 2.05) is 0 Å². The zero-order valence-electron chi connectivity index (χ0n) is 7.90. The van der Waals surface area contributed by atoms with E-state index < -0.39 is 0 Å². The van der Waals surface area contributed by atoms with Gasteiger partial charge in [-0.1, -0.05) is 31.4 Å². The van der Waals surface area contributed by atoms with Crippen molar-refractivity contribution in [2.24, 2.45) is 5.73 Å². The summed E-state index contributed by atoms with van der Waals surface area (Å²) in [6, 6.07) is 0. The van der Waals surface area contributed by atoms with E-state index >= 15 is 0 Å². The molecule has 11 heavy (non-hydrogen) atoms. The van der Waals surface area contributed by atoms with Crippen LogP contribution in [0.15, 0.2) is 11.6 Å². The third kappa shape index (κ3) is 6.11. The molecule has 0 saturated carbocycles. The number of unbranched alkanes of at least 4 members (excludes halogenated alkanes) is 2. The molecule has 0 bridgehead atoms.